The van der Waals surface area contributed by atoms with Gasteiger partial charge in [0.05, 0.1) is 6.54 Å². The van der Waals surface area contributed by atoms with Crippen LogP contribution in [0.5, 0.6) is 0 Å². The van der Waals surface area contributed by atoms with Gasteiger partial charge in [-0.2, -0.15) is 0 Å². The number of benzene rings is 5. The van der Waals surface area contributed by atoms with Crippen LogP contribution in [0.25, 0.3) is 21.5 Å². The van der Waals surface area contributed by atoms with Crippen LogP contribution < -0.4 is 16.0 Å². The van der Waals surface area contributed by atoms with Crippen LogP contribution in [-0.2, 0) is 10.3 Å². The number of amides is 3. The summed E-state index contributed by atoms with van der Waals surface area (Å²) in [6, 6.07) is 33.6. The molecule has 6 rings (SSSR count). The van der Waals surface area contributed by atoms with E-state index in [9.17, 15) is 14.4 Å². The summed E-state index contributed by atoms with van der Waals surface area (Å²) >= 11 is 0. The Morgan fingerprint density at radius 2 is 1.19 bits per heavy atom. The zero-order valence-corrected chi connectivity index (χ0v) is 19.8. The van der Waals surface area contributed by atoms with E-state index in [4.69, 9.17) is 0 Å². The first kappa shape index (κ1) is 22.5. The second kappa shape index (κ2) is 8.91. The number of fused-ring (bicyclic) bond motifs is 3. The summed E-state index contributed by atoms with van der Waals surface area (Å²) in [5.74, 6) is -1.14. The van der Waals surface area contributed by atoms with E-state index in [-0.39, 0.29) is 12.5 Å². The molecule has 0 saturated carbocycles. The standard InChI is InChI=1S/C31H23N3O3/c35-28(24-15-13-20-7-1-3-9-22(20)17-24)32-19-31(26-11-5-6-12-27(26)33-30(31)37)34-29(36)25-16-14-21-8-2-4-10-23(21)18-25/h1-18H,19H2,(H,32,35)(H,33,37)(H,34,36). The number of hydrogen-bond acceptors (Lipinski definition) is 3. The minimum atomic E-state index is -1.47. The number of carbonyl (C=O) groups excluding carboxylic acids is 3. The summed E-state index contributed by atoms with van der Waals surface area (Å²) in [5.41, 5.74) is 0.642. The molecule has 1 aliphatic rings. The van der Waals surface area contributed by atoms with Crippen molar-refractivity contribution in [2.75, 3.05) is 11.9 Å². The van der Waals surface area contributed by atoms with Crippen LogP contribution in [0.4, 0.5) is 5.69 Å². The average Bonchev–Trinajstić information content (AvgIpc) is 3.21. The summed E-state index contributed by atoms with van der Waals surface area (Å²) in [4.78, 5) is 40.0. The van der Waals surface area contributed by atoms with Crippen molar-refractivity contribution in [2.24, 2.45) is 0 Å². The third-order valence-electron chi connectivity index (χ3n) is 6.89. The van der Waals surface area contributed by atoms with Crippen LogP contribution in [0.15, 0.2) is 109 Å². The van der Waals surface area contributed by atoms with Gasteiger partial charge in [-0.05, 0) is 51.9 Å². The lowest BCUT2D eigenvalue weighted by molar-refractivity contribution is -0.121. The Hall–Kier alpha value is -4.97. The number of nitrogens with one attached hydrogen (secondary N) is 3. The first-order chi connectivity index (χ1) is 18.0. The molecule has 5 aromatic rings. The van der Waals surface area contributed by atoms with E-state index in [0.717, 1.165) is 21.5 Å². The minimum Gasteiger partial charge on any atom is -0.349 e. The van der Waals surface area contributed by atoms with Crippen LogP contribution >= 0.6 is 0 Å². The van der Waals surface area contributed by atoms with Gasteiger partial charge in [0.15, 0.2) is 5.54 Å². The Bertz CT molecular complexity index is 1710. The molecule has 0 aliphatic carbocycles. The van der Waals surface area contributed by atoms with Crippen molar-refractivity contribution in [2.45, 2.75) is 5.54 Å². The summed E-state index contributed by atoms with van der Waals surface area (Å²) in [5, 5.41) is 12.6. The molecular formula is C31H23N3O3. The van der Waals surface area contributed by atoms with E-state index >= 15 is 0 Å². The molecule has 6 heteroatoms. The molecule has 0 spiro atoms. The molecule has 1 atom stereocenters. The van der Waals surface area contributed by atoms with Gasteiger partial charge in [-0.15, -0.1) is 0 Å². The lowest BCUT2D eigenvalue weighted by atomic mass is 9.90. The molecule has 1 unspecified atom stereocenters. The fourth-order valence-electron chi connectivity index (χ4n) is 4.90. The van der Waals surface area contributed by atoms with Gasteiger partial charge in [0.2, 0.25) is 0 Å². The number of anilines is 1. The summed E-state index contributed by atoms with van der Waals surface area (Å²) < 4.78 is 0. The van der Waals surface area contributed by atoms with Gasteiger partial charge in [0.1, 0.15) is 0 Å². The first-order valence-corrected chi connectivity index (χ1v) is 12.0. The Balaban J connectivity index is 1.32. The Kier molecular flexibility index (Phi) is 5.42. The molecule has 0 radical (unpaired) electrons. The zero-order chi connectivity index (χ0) is 25.4. The normalized spacial score (nSPS) is 16.3. The van der Waals surface area contributed by atoms with Crippen molar-refractivity contribution in [3.8, 4) is 0 Å². The molecule has 1 aliphatic heterocycles. The van der Waals surface area contributed by atoms with Gasteiger partial charge >= 0.3 is 0 Å². The van der Waals surface area contributed by atoms with Gasteiger partial charge < -0.3 is 16.0 Å². The van der Waals surface area contributed by atoms with Crippen molar-refractivity contribution in [3.63, 3.8) is 0 Å². The molecule has 5 aromatic carbocycles. The maximum Gasteiger partial charge on any atom is 0.256 e. The van der Waals surface area contributed by atoms with E-state index in [1.807, 2.05) is 72.8 Å². The molecule has 0 aromatic heterocycles. The highest BCUT2D eigenvalue weighted by atomic mass is 16.2. The van der Waals surface area contributed by atoms with Gasteiger partial charge in [-0.25, -0.2) is 0 Å². The average molecular weight is 486 g/mol. The molecule has 0 saturated heterocycles. The van der Waals surface area contributed by atoms with E-state index in [2.05, 4.69) is 16.0 Å². The quantitative estimate of drug-likeness (QED) is 0.327. The monoisotopic (exact) mass is 485 g/mol. The molecule has 180 valence electrons. The van der Waals surface area contributed by atoms with Crippen LogP contribution in [0.2, 0.25) is 0 Å². The van der Waals surface area contributed by atoms with Crippen molar-refractivity contribution in [1.29, 1.82) is 0 Å². The second-order valence-electron chi connectivity index (χ2n) is 9.17. The molecule has 1 heterocycles. The highest BCUT2D eigenvalue weighted by Gasteiger charge is 2.48. The van der Waals surface area contributed by atoms with Crippen LogP contribution in [0, 0.1) is 0 Å². The highest BCUT2D eigenvalue weighted by molar-refractivity contribution is 6.10. The van der Waals surface area contributed by atoms with Gasteiger partial charge in [-0.3, -0.25) is 14.4 Å². The first-order valence-electron chi connectivity index (χ1n) is 12.0. The van der Waals surface area contributed by atoms with Gasteiger partial charge in [-0.1, -0.05) is 78.9 Å². The third kappa shape index (κ3) is 3.98. The predicted octanol–water partition coefficient (Wildman–Crippen LogP) is 5.00. The molecule has 3 N–H and O–H groups in total. The molecule has 3 amide bonds. The Morgan fingerprint density at radius 1 is 0.649 bits per heavy atom. The predicted molar refractivity (Wildman–Crippen MR) is 144 cm³/mol. The van der Waals surface area contributed by atoms with Crippen molar-refractivity contribution >= 4 is 45.0 Å². The van der Waals surface area contributed by atoms with E-state index < -0.39 is 17.4 Å². The second-order valence-corrected chi connectivity index (χ2v) is 9.17. The zero-order valence-electron chi connectivity index (χ0n) is 19.8. The number of para-hydroxylation sites is 1. The highest BCUT2D eigenvalue weighted by Crippen LogP contribution is 2.36. The molecular weight excluding hydrogens is 462 g/mol. The number of hydrogen-bond donors (Lipinski definition) is 3. The number of carbonyl (C=O) groups is 3. The fourth-order valence-corrected chi connectivity index (χ4v) is 4.90. The topological polar surface area (TPSA) is 87.3 Å². The Labute approximate surface area is 213 Å². The fraction of sp³-hybridized carbons (Fsp3) is 0.0645. The maximum absolute atomic E-state index is 13.5. The lowest BCUT2D eigenvalue weighted by Gasteiger charge is -2.29. The van der Waals surface area contributed by atoms with E-state index in [1.54, 1.807) is 36.4 Å². The molecule has 37 heavy (non-hydrogen) atoms. The SMILES string of the molecule is O=C(NCC1(NC(=O)c2ccc3ccccc3c2)C(=O)Nc2ccccc21)c1ccc2ccccc2c1. The maximum atomic E-state index is 13.5. The molecule has 6 nitrogen and oxygen atoms in total. The third-order valence-corrected chi connectivity index (χ3v) is 6.89. The Morgan fingerprint density at radius 3 is 1.84 bits per heavy atom. The summed E-state index contributed by atoms with van der Waals surface area (Å²) in [6.45, 7) is -0.110. The minimum absolute atomic E-state index is 0.110. The summed E-state index contributed by atoms with van der Waals surface area (Å²) in [6.07, 6.45) is 0. The largest absolute Gasteiger partial charge is 0.349 e. The molecule has 0 bridgehead atoms. The van der Waals surface area contributed by atoms with Gasteiger partial charge in [0.25, 0.3) is 17.7 Å². The molecule has 0 fully saturated rings. The number of rotatable bonds is 5. The van der Waals surface area contributed by atoms with Crippen LogP contribution in [-0.4, -0.2) is 24.3 Å². The van der Waals surface area contributed by atoms with Crippen molar-refractivity contribution in [1.82, 2.24) is 10.6 Å². The van der Waals surface area contributed by atoms with Crippen LogP contribution in [0.1, 0.15) is 26.3 Å². The van der Waals surface area contributed by atoms with Crippen molar-refractivity contribution in [3.05, 3.63) is 126 Å². The lowest BCUT2D eigenvalue weighted by Crippen LogP contribution is -2.57. The van der Waals surface area contributed by atoms with Crippen molar-refractivity contribution < 1.29 is 14.4 Å². The smallest absolute Gasteiger partial charge is 0.256 e. The van der Waals surface area contributed by atoms with E-state index in [1.165, 1.54) is 0 Å². The summed E-state index contributed by atoms with van der Waals surface area (Å²) in [7, 11) is 0. The van der Waals surface area contributed by atoms with Gasteiger partial charge in [0, 0.05) is 22.4 Å². The van der Waals surface area contributed by atoms with E-state index in [0.29, 0.717) is 22.4 Å². The van der Waals surface area contributed by atoms with Crippen LogP contribution in [0.3, 0.4) is 0 Å².